The lowest BCUT2D eigenvalue weighted by molar-refractivity contribution is 0.0989. The van der Waals surface area contributed by atoms with Gasteiger partial charge in [0, 0.05) is 21.2 Å². The highest BCUT2D eigenvalue weighted by Crippen LogP contribution is 2.29. The van der Waals surface area contributed by atoms with E-state index < -0.39 is 0 Å². The van der Waals surface area contributed by atoms with Crippen LogP contribution in [0.5, 0.6) is 0 Å². The predicted octanol–water partition coefficient (Wildman–Crippen LogP) is 5.53. The molecule has 6 nitrogen and oxygen atoms in total. The van der Waals surface area contributed by atoms with E-state index in [9.17, 15) is 9.59 Å². The Hall–Kier alpha value is -3.71. The third-order valence-electron chi connectivity index (χ3n) is 3.95. The lowest BCUT2D eigenvalue weighted by Gasteiger charge is -2.07. The van der Waals surface area contributed by atoms with Crippen LogP contribution in [-0.2, 0) is 0 Å². The molecule has 2 aromatic heterocycles. The number of hydrogen-bond donors (Lipinski definition) is 2. The second-order valence-corrected chi connectivity index (χ2v) is 7.16. The average molecular weight is 404 g/mol. The number of benzene rings is 2. The van der Waals surface area contributed by atoms with Gasteiger partial charge in [0.25, 0.3) is 11.8 Å². The number of hydrogen-bond acceptors (Lipinski definition) is 5. The fourth-order valence-corrected chi connectivity index (χ4v) is 3.37. The first kappa shape index (κ1) is 18.6. The third-order valence-corrected chi connectivity index (χ3v) is 4.97. The summed E-state index contributed by atoms with van der Waals surface area (Å²) in [6, 6.07) is 21.6. The van der Waals surface area contributed by atoms with Crippen LogP contribution in [0.1, 0.15) is 21.1 Å². The number of furan rings is 2. The Balaban J connectivity index is 1.34. The van der Waals surface area contributed by atoms with Crippen molar-refractivity contribution >= 4 is 35.0 Å². The van der Waals surface area contributed by atoms with Gasteiger partial charge in [0.05, 0.1) is 12.5 Å². The highest BCUT2D eigenvalue weighted by Gasteiger charge is 2.10. The summed E-state index contributed by atoms with van der Waals surface area (Å²) in [7, 11) is 0. The van der Waals surface area contributed by atoms with Gasteiger partial charge in [-0.2, -0.15) is 0 Å². The molecule has 2 heterocycles. The third kappa shape index (κ3) is 4.77. The van der Waals surface area contributed by atoms with Crippen molar-refractivity contribution in [3.05, 3.63) is 96.8 Å². The molecule has 0 aliphatic heterocycles. The second kappa shape index (κ2) is 8.53. The highest BCUT2D eigenvalue weighted by molar-refractivity contribution is 7.99. The number of carbonyl (C=O) groups is 2. The SMILES string of the molecule is O=C(Nc1ccc(Sc2ccc(NC(=O)c3ccco3)cc2)cc1)c1ccco1. The molecule has 0 saturated heterocycles. The van der Waals surface area contributed by atoms with Crippen LogP contribution in [-0.4, -0.2) is 11.8 Å². The molecular weight excluding hydrogens is 388 g/mol. The first-order chi connectivity index (χ1) is 14.2. The highest BCUT2D eigenvalue weighted by atomic mass is 32.2. The summed E-state index contributed by atoms with van der Waals surface area (Å²) in [5.41, 5.74) is 1.37. The fourth-order valence-electron chi connectivity index (χ4n) is 2.55. The molecule has 29 heavy (non-hydrogen) atoms. The second-order valence-electron chi connectivity index (χ2n) is 6.01. The van der Waals surface area contributed by atoms with E-state index in [2.05, 4.69) is 10.6 Å². The van der Waals surface area contributed by atoms with E-state index in [0.29, 0.717) is 11.4 Å². The van der Waals surface area contributed by atoms with E-state index in [4.69, 9.17) is 8.83 Å². The Kier molecular flexibility index (Phi) is 5.49. The average Bonchev–Trinajstić information content (AvgIpc) is 3.45. The van der Waals surface area contributed by atoms with E-state index in [1.54, 1.807) is 36.0 Å². The van der Waals surface area contributed by atoms with Gasteiger partial charge in [-0.05, 0) is 72.8 Å². The Labute approximate surface area is 170 Å². The standard InChI is InChI=1S/C22H16N2O4S/c25-21(19-3-1-13-27-19)23-15-5-9-17(10-6-15)29-18-11-7-16(8-12-18)24-22(26)20-4-2-14-28-20/h1-14H,(H,23,25)(H,24,26). The molecule has 0 aliphatic rings. The van der Waals surface area contributed by atoms with Crippen molar-refractivity contribution in [2.24, 2.45) is 0 Å². The van der Waals surface area contributed by atoms with E-state index in [1.165, 1.54) is 12.5 Å². The van der Waals surface area contributed by atoms with Gasteiger partial charge in [-0.25, -0.2) is 0 Å². The number of nitrogens with one attached hydrogen (secondary N) is 2. The molecule has 2 amide bonds. The summed E-state index contributed by atoms with van der Waals surface area (Å²) in [5.74, 6) is -0.0458. The summed E-state index contributed by atoms with van der Waals surface area (Å²) in [6.45, 7) is 0. The minimum absolute atomic E-state index is 0.266. The van der Waals surface area contributed by atoms with Gasteiger partial charge in [-0.3, -0.25) is 9.59 Å². The van der Waals surface area contributed by atoms with Gasteiger partial charge in [0.2, 0.25) is 0 Å². The molecule has 144 valence electrons. The monoisotopic (exact) mass is 404 g/mol. The maximum Gasteiger partial charge on any atom is 0.291 e. The molecule has 2 N–H and O–H groups in total. The van der Waals surface area contributed by atoms with Crippen LogP contribution in [0, 0.1) is 0 Å². The van der Waals surface area contributed by atoms with Crippen LogP contribution < -0.4 is 10.6 Å². The summed E-state index contributed by atoms with van der Waals surface area (Å²) < 4.78 is 10.2. The van der Waals surface area contributed by atoms with Gasteiger partial charge in [0.15, 0.2) is 11.5 Å². The minimum Gasteiger partial charge on any atom is -0.459 e. The van der Waals surface area contributed by atoms with Gasteiger partial charge < -0.3 is 19.5 Å². The Morgan fingerprint density at radius 2 is 1.03 bits per heavy atom. The van der Waals surface area contributed by atoms with Crippen molar-refractivity contribution in [2.75, 3.05) is 10.6 Å². The Bertz CT molecular complexity index is 997. The van der Waals surface area contributed by atoms with E-state index in [0.717, 1.165) is 9.79 Å². The van der Waals surface area contributed by atoms with E-state index in [-0.39, 0.29) is 23.3 Å². The van der Waals surface area contributed by atoms with Crippen LogP contribution in [0.4, 0.5) is 11.4 Å². The first-order valence-electron chi connectivity index (χ1n) is 8.75. The van der Waals surface area contributed by atoms with Crippen molar-refractivity contribution in [1.29, 1.82) is 0 Å². The zero-order valence-electron chi connectivity index (χ0n) is 15.1. The summed E-state index contributed by atoms with van der Waals surface area (Å²) >= 11 is 1.58. The van der Waals surface area contributed by atoms with Crippen molar-refractivity contribution < 1.29 is 18.4 Å². The minimum atomic E-state index is -0.289. The van der Waals surface area contributed by atoms with Crippen LogP contribution in [0.15, 0.2) is 104 Å². The Morgan fingerprint density at radius 3 is 1.38 bits per heavy atom. The van der Waals surface area contributed by atoms with Gasteiger partial charge >= 0.3 is 0 Å². The predicted molar refractivity (Wildman–Crippen MR) is 110 cm³/mol. The smallest absolute Gasteiger partial charge is 0.291 e. The number of anilines is 2. The normalized spacial score (nSPS) is 10.5. The largest absolute Gasteiger partial charge is 0.459 e. The zero-order valence-corrected chi connectivity index (χ0v) is 15.9. The molecule has 2 aromatic carbocycles. The van der Waals surface area contributed by atoms with E-state index >= 15 is 0 Å². The zero-order chi connectivity index (χ0) is 20.1. The molecule has 7 heteroatoms. The van der Waals surface area contributed by atoms with Crippen LogP contribution in [0.3, 0.4) is 0 Å². The molecule has 0 saturated carbocycles. The van der Waals surface area contributed by atoms with Gasteiger partial charge in [-0.1, -0.05) is 11.8 Å². The van der Waals surface area contributed by atoms with Crippen molar-refractivity contribution in [3.63, 3.8) is 0 Å². The number of rotatable bonds is 6. The molecule has 4 aromatic rings. The lowest BCUT2D eigenvalue weighted by atomic mass is 10.3. The maximum atomic E-state index is 12.0. The molecule has 0 aliphatic carbocycles. The summed E-state index contributed by atoms with van der Waals surface area (Å²) in [4.78, 5) is 26.0. The van der Waals surface area contributed by atoms with Crippen molar-refractivity contribution in [2.45, 2.75) is 9.79 Å². The van der Waals surface area contributed by atoms with Gasteiger partial charge in [0.1, 0.15) is 0 Å². The van der Waals surface area contributed by atoms with E-state index in [1.807, 2.05) is 48.5 Å². The molecule has 0 fully saturated rings. The quantitative estimate of drug-likeness (QED) is 0.441. The summed E-state index contributed by atoms with van der Waals surface area (Å²) in [6.07, 6.45) is 2.92. The molecule has 0 bridgehead atoms. The Morgan fingerprint density at radius 1 is 0.621 bits per heavy atom. The van der Waals surface area contributed by atoms with Crippen LogP contribution in [0.25, 0.3) is 0 Å². The van der Waals surface area contributed by atoms with Crippen molar-refractivity contribution in [1.82, 2.24) is 0 Å². The number of amides is 2. The van der Waals surface area contributed by atoms with Crippen LogP contribution >= 0.6 is 11.8 Å². The maximum absolute atomic E-state index is 12.0. The topological polar surface area (TPSA) is 84.5 Å². The molecule has 4 rings (SSSR count). The van der Waals surface area contributed by atoms with Gasteiger partial charge in [-0.15, -0.1) is 0 Å². The fraction of sp³-hybridized carbons (Fsp3) is 0. The molecule has 0 unspecified atom stereocenters. The molecule has 0 spiro atoms. The first-order valence-corrected chi connectivity index (χ1v) is 9.57. The lowest BCUT2D eigenvalue weighted by Crippen LogP contribution is -2.10. The molecule has 0 atom stereocenters. The van der Waals surface area contributed by atoms with Crippen molar-refractivity contribution in [3.8, 4) is 0 Å². The number of carbonyl (C=O) groups excluding carboxylic acids is 2. The summed E-state index contributed by atoms with van der Waals surface area (Å²) in [5, 5.41) is 5.57. The molecular formula is C22H16N2O4S. The molecule has 0 radical (unpaired) electrons. The van der Waals surface area contributed by atoms with Crippen LogP contribution in [0.2, 0.25) is 0 Å².